The largest absolute Gasteiger partial charge is 0.508 e. The van der Waals surface area contributed by atoms with Crippen molar-refractivity contribution in [2.75, 3.05) is 24.6 Å². The molecule has 2 N–H and O–H groups in total. The number of carbonyl (C=O) groups excluding carboxylic acids is 1. The molecule has 1 aromatic carbocycles. The summed E-state index contributed by atoms with van der Waals surface area (Å²) in [5.74, 6) is 0.453. The summed E-state index contributed by atoms with van der Waals surface area (Å²) in [4.78, 5) is 13.9. The Morgan fingerprint density at radius 2 is 2.09 bits per heavy atom. The zero-order valence-electron chi connectivity index (χ0n) is 12.3. The van der Waals surface area contributed by atoms with Crippen LogP contribution < -0.4 is 5.32 Å². The van der Waals surface area contributed by atoms with E-state index >= 15 is 0 Å². The third-order valence-electron chi connectivity index (χ3n) is 4.39. The molecule has 0 saturated carbocycles. The van der Waals surface area contributed by atoms with Crippen LogP contribution in [-0.4, -0.2) is 49.1 Å². The van der Waals surface area contributed by atoms with Gasteiger partial charge in [-0.05, 0) is 36.5 Å². The number of aromatic hydroxyl groups is 1. The summed E-state index contributed by atoms with van der Waals surface area (Å²) in [5, 5.41) is 12.8. The number of carbonyl (C=O) groups is 1. The fourth-order valence-electron chi connectivity index (χ4n) is 3.17. The molecule has 0 aromatic heterocycles. The number of rotatable bonds is 1. The van der Waals surface area contributed by atoms with E-state index in [0.717, 1.165) is 24.0 Å². The zero-order valence-corrected chi connectivity index (χ0v) is 13.1. The number of hydrogen-bond acceptors (Lipinski definition) is 4. The highest BCUT2D eigenvalue weighted by molar-refractivity contribution is 7.91. The molecule has 1 heterocycles. The van der Waals surface area contributed by atoms with Crippen LogP contribution in [0.1, 0.15) is 30.0 Å². The van der Waals surface area contributed by atoms with E-state index in [1.54, 1.807) is 17.0 Å². The van der Waals surface area contributed by atoms with Gasteiger partial charge in [-0.25, -0.2) is 13.2 Å². The Balaban J connectivity index is 1.68. The van der Waals surface area contributed by atoms with Gasteiger partial charge in [0, 0.05) is 13.1 Å². The predicted octanol–water partition coefficient (Wildman–Crippen LogP) is 1.21. The Morgan fingerprint density at radius 1 is 1.27 bits per heavy atom. The fraction of sp³-hybridized carbons (Fsp3) is 0.533. The molecule has 120 valence electrons. The molecule has 2 amide bonds. The van der Waals surface area contributed by atoms with Gasteiger partial charge in [-0.2, -0.15) is 0 Å². The van der Waals surface area contributed by atoms with Gasteiger partial charge >= 0.3 is 6.03 Å². The van der Waals surface area contributed by atoms with Crippen molar-refractivity contribution in [1.82, 2.24) is 10.2 Å². The Hall–Kier alpha value is -1.76. The fourth-order valence-corrected chi connectivity index (χ4v) is 4.44. The lowest BCUT2D eigenvalue weighted by molar-refractivity contribution is 0.197. The maximum atomic E-state index is 12.4. The lowest BCUT2D eigenvalue weighted by Gasteiger charge is -2.23. The van der Waals surface area contributed by atoms with E-state index in [1.165, 1.54) is 0 Å². The second-order valence-corrected chi connectivity index (χ2v) is 8.18. The number of phenols is 1. The van der Waals surface area contributed by atoms with Crippen molar-refractivity contribution in [3.8, 4) is 5.75 Å². The first-order valence-corrected chi connectivity index (χ1v) is 9.35. The summed E-state index contributed by atoms with van der Waals surface area (Å²) in [7, 11) is -3.02. The Labute approximate surface area is 130 Å². The normalized spacial score (nSPS) is 23.6. The van der Waals surface area contributed by atoms with Gasteiger partial charge in [0.2, 0.25) is 0 Å². The first-order chi connectivity index (χ1) is 10.5. The van der Waals surface area contributed by atoms with Crippen LogP contribution in [-0.2, 0) is 16.3 Å². The third-order valence-corrected chi connectivity index (χ3v) is 6.10. The predicted molar refractivity (Wildman–Crippen MR) is 82.5 cm³/mol. The standard InChI is InChI=1S/C15H20N2O4S/c18-14-4-1-3-11-12(14)5-6-13(11)16-15(19)17-7-2-9-22(20,21)10-8-17/h1,3-4,13,18H,2,5-10H2,(H,16,19). The molecule has 2 aliphatic rings. The van der Waals surface area contributed by atoms with Crippen LogP contribution >= 0.6 is 0 Å². The summed E-state index contributed by atoms with van der Waals surface area (Å²) in [6.07, 6.45) is 1.98. The highest BCUT2D eigenvalue weighted by Crippen LogP contribution is 2.36. The van der Waals surface area contributed by atoms with Crippen LogP contribution in [0.5, 0.6) is 5.75 Å². The Bertz CT molecular complexity index is 687. The second-order valence-electron chi connectivity index (χ2n) is 5.88. The summed E-state index contributed by atoms with van der Waals surface area (Å²) in [5.41, 5.74) is 1.85. The van der Waals surface area contributed by atoms with Gasteiger partial charge in [0.05, 0.1) is 17.5 Å². The van der Waals surface area contributed by atoms with Crippen LogP contribution in [0.15, 0.2) is 18.2 Å². The molecule has 1 atom stereocenters. The van der Waals surface area contributed by atoms with E-state index in [4.69, 9.17) is 0 Å². The number of amides is 2. The number of nitrogens with one attached hydrogen (secondary N) is 1. The topological polar surface area (TPSA) is 86.7 Å². The van der Waals surface area contributed by atoms with E-state index in [1.807, 2.05) is 6.07 Å². The van der Waals surface area contributed by atoms with Crippen molar-refractivity contribution in [2.45, 2.75) is 25.3 Å². The summed E-state index contributed by atoms with van der Waals surface area (Å²) in [6, 6.07) is 5.01. The van der Waals surface area contributed by atoms with Crippen molar-refractivity contribution in [3.05, 3.63) is 29.3 Å². The van der Waals surface area contributed by atoms with E-state index < -0.39 is 9.84 Å². The minimum Gasteiger partial charge on any atom is -0.508 e. The number of hydrogen-bond donors (Lipinski definition) is 2. The average molecular weight is 324 g/mol. The van der Waals surface area contributed by atoms with E-state index in [-0.39, 0.29) is 35.9 Å². The molecule has 1 unspecified atom stereocenters. The molecule has 0 spiro atoms. The van der Waals surface area contributed by atoms with Gasteiger partial charge in [-0.1, -0.05) is 12.1 Å². The highest BCUT2D eigenvalue weighted by Gasteiger charge is 2.28. The van der Waals surface area contributed by atoms with E-state index in [0.29, 0.717) is 13.0 Å². The number of urea groups is 1. The third kappa shape index (κ3) is 3.04. The molecular weight excluding hydrogens is 304 g/mol. The number of nitrogens with zero attached hydrogens (tertiary/aromatic N) is 1. The van der Waals surface area contributed by atoms with Crippen LogP contribution in [0.25, 0.3) is 0 Å². The van der Waals surface area contributed by atoms with E-state index in [2.05, 4.69) is 5.32 Å². The minimum atomic E-state index is -3.02. The van der Waals surface area contributed by atoms with Crippen LogP contribution in [0.4, 0.5) is 4.79 Å². The van der Waals surface area contributed by atoms with Crippen molar-refractivity contribution < 1.29 is 18.3 Å². The van der Waals surface area contributed by atoms with E-state index in [9.17, 15) is 18.3 Å². The zero-order chi connectivity index (χ0) is 15.7. The van der Waals surface area contributed by atoms with Crippen molar-refractivity contribution in [1.29, 1.82) is 0 Å². The number of fused-ring (bicyclic) bond motifs is 1. The monoisotopic (exact) mass is 324 g/mol. The van der Waals surface area contributed by atoms with Gasteiger partial charge in [-0.3, -0.25) is 0 Å². The van der Waals surface area contributed by atoms with Crippen molar-refractivity contribution in [3.63, 3.8) is 0 Å². The average Bonchev–Trinajstić information content (AvgIpc) is 2.77. The van der Waals surface area contributed by atoms with Crippen molar-refractivity contribution >= 4 is 15.9 Å². The summed E-state index contributed by atoms with van der Waals surface area (Å²) >= 11 is 0. The molecule has 0 bridgehead atoms. The lowest BCUT2D eigenvalue weighted by Crippen LogP contribution is -2.42. The van der Waals surface area contributed by atoms with Crippen LogP contribution in [0, 0.1) is 0 Å². The van der Waals surface area contributed by atoms with Gasteiger partial charge < -0.3 is 15.3 Å². The molecule has 1 fully saturated rings. The lowest BCUT2D eigenvalue weighted by atomic mass is 10.1. The SMILES string of the molecule is O=C(NC1CCc2c(O)cccc21)N1CCCS(=O)(=O)CC1. The first kappa shape index (κ1) is 15.1. The van der Waals surface area contributed by atoms with Gasteiger partial charge in [0.25, 0.3) is 0 Å². The Kier molecular flexibility index (Phi) is 3.99. The summed E-state index contributed by atoms with van der Waals surface area (Å²) < 4.78 is 23.2. The molecule has 0 radical (unpaired) electrons. The molecule has 6 nitrogen and oxygen atoms in total. The minimum absolute atomic E-state index is 0.0302. The quantitative estimate of drug-likeness (QED) is 0.813. The second kappa shape index (κ2) is 5.79. The van der Waals surface area contributed by atoms with Crippen LogP contribution in [0.2, 0.25) is 0 Å². The molecule has 1 aromatic rings. The van der Waals surface area contributed by atoms with Gasteiger partial charge in [-0.15, -0.1) is 0 Å². The Morgan fingerprint density at radius 3 is 2.91 bits per heavy atom. The molecule has 3 rings (SSSR count). The number of benzene rings is 1. The van der Waals surface area contributed by atoms with Gasteiger partial charge in [0.1, 0.15) is 5.75 Å². The molecule has 7 heteroatoms. The molecule has 1 saturated heterocycles. The number of sulfone groups is 1. The molecule has 1 aliphatic carbocycles. The maximum absolute atomic E-state index is 12.4. The summed E-state index contributed by atoms with van der Waals surface area (Å²) in [6.45, 7) is 0.707. The van der Waals surface area contributed by atoms with Crippen LogP contribution in [0.3, 0.4) is 0 Å². The molecular formula is C15H20N2O4S. The first-order valence-electron chi connectivity index (χ1n) is 7.53. The maximum Gasteiger partial charge on any atom is 0.317 e. The molecule has 22 heavy (non-hydrogen) atoms. The number of phenolic OH excluding ortho intramolecular Hbond substituents is 1. The smallest absolute Gasteiger partial charge is 0.317 e. The van der Waals surface area contributed by atoms with Gasteiger partial charge in [0.15, 0.2) is 9.84 Å². The highest BCUT2D eigenvalue weighted by atomic mass is 32.2. The van der Waals surface area contributed by atoms with Crippen molar-refractivity contribution in [2.24, 2.45) is 0 Å². The molecule has 1 aliphatic heterocycles.